The number of hydrogen-bond acceptors (Lipinski definition) is 3. The Morgan fingerprint density at radius 2 is 2.16 bits per heavy atom. The number of nitrogens with one attached hydrogen (secondary N) is 2. The summed E-state index contributed by atoms with van der Waals surface area (Å²) in [6.07, 6.45) is 4.52. The van der Waals surface area contributed by atoms with Crippen LogP contribution in [0.25, 0.3) is 0 Å². The number of hydrogen-bond donors (Lipinski definition) is 3. The molecule has 3 N–H and O–H groups in total. The van der Waals surface area contributed by atoms with Gasteiger partial charge in [0.25, 0.3) is 0 Å². The van der Waals surface area contributed by atoms with Gasteiger partial charge in [0.15, 0.2) is 0 Å². The average molecular weight is 265 g/mol. The van der Waals surface area contributed by atoms with Crippen molar-refractivity contribution in [1.29, 1.82) is 0 Å². The number of imidazole rings is 1. The third-order valence-corrected chi connectivity index (χ3v) is 3.74. The molecule has 1 amide bonds. The Bertz CT molecular complexity index is 458. The molecule has 1 saturated carbocycles. The predicted octanol–water partition coefficient (Wildman–Crippen LogP) is 1.33. The van der Waals surface area contributed by atoms with E-state index in [9.17, 15) is 9.59 Å². The minimum atomic E-state index is -0.879. The van der Waals surface area contributed by atoms with Crippen LogP contribution in [0.1, 0.15) is 38.6 Å². The van der Waals surface area contributed by atoms with Crippen molar-refractivity contribution in [3.8, 4) is 0 Å². The first-order valence-electron chi connectivity index (χ1n) is 6.51. The third-order valence-electron chi connectivity index (χ3n) is 3.74. The topological polar surface area (TPSA) is 95.1 Å². The number of carboxylic acids is 1. The number of carboxylic acid groups (broad SMARTS) is 1. The first kappa shape index (κ1) is 13.6. The Hall–Kier alpha value is -1.85. The highest BCUT2D eigenvalue weighted by atomic mass is 16.4. The number of aromatic amines is 1. The van der Waals surface area contributed by atoms with Crippen LogP contribution in [0.5, 0.6) is 0 Å². The van der Waals surface area contributed by atoms with Gasteiger partial charge >= 0.3 is 5.97 Å². The van der Waals surface area contributed by atoms with Gasteiger partial charge in [0, 0.05) is 12.4 Å². The summed E-state index contributed by atoms with van der Waals surface area (Å²) in [5.74, 6) is -1.14. The molecule has 0 radical (unpaired) electrons. The Morgan fingerprint density at radius 3 is 2.74 bits per heavy atom. The van der Waals surface area contributed by atoms with E-state index in [1.54, 1.807) is 12.4 Å². The molecule has 1 aromatic rings. The van der Waals surface area contributed by atoms with Crippen molar-refractivity contribution in [1.82, 2.24) is 15.3 Å². The molecule has 2 rings (SSSR count). The molecule has 1 fully saturated rings. The summed E-state index contributed by atoms with van der Waals surface area (Å²) in [6, 6.07) is -0.243. The highest BCUT2D eigenvalue weighted by Gasteiger charge is 2.41. The summed E-state index contributed by atoms with van der Waals surface area (Å²) in [5, 5.41) is 12.0. The molecule has 1 aromatic heterocycles. The molecule has 0 bridgehead atoms. The lowest BCUT2D eigenvalue weighted by Crippen LogP contribution is -2.37. The number of carbonyl (C=O) groups is 2. The molecule has 0 spiro atoms. The van der Waals surface area contributed by atoms with Gasteiger partial charge in [-0.1, -0.05) is 6.92 Å². The van der Waals surface area contributed by atoms with E-state index in [2.05, 4.69) is 15.3 Å². The number of amides is 1. The van der Waals surface area contributed by atoms with E-state index < -0.39 is 17.8 Å². The summed E-state index contributed by atoms with van der Waals surface area (Å²) in [6.45, 7) is 3.81. The van der Waals surface area contributed by atoms with E-state index in [1.807, 2.05) is 13.8 Å². The van der Waals surface area contributed by atoms with Gasteiger partial charge in [0.05, 0.1) is 17.9 Å². The van der Waals surface area contributed by atoms with Crippen LogP contribution in [0, 0.1) is 17.8 Å². The molecule has 19 heavy (non-hydrogen) atoms. The van der Waals surface area contributed by atoms with Gasteiger partial charge in [-0.2, -0.15) is 0 Å². The fourth-order valence-electron chi connectivity index (χ4n) is 2.76. The molecule has 1 aliphatic carbocycles. The van der Waals surface area contributed by atoms with E-state index in [4.69, 9.17) is 5.11 Å². The van der Waals surface area contributed by atoms with Gasteiger partial charge < -0.3 is 15.4 Å². The first-order valence-corrected chi connectivity index (χ1v) is 6.51. The molecular weight excluding hydrogens is 246 g/mol. The van der Waals surface area contributed by atoms with Crippen LogP contribution in [0.15, 0.2) is 12.4 Å². The van der Waals surface area contributed by atoms with Crippen LogP contribution in [-0.2, 0) is 9.59 Å². The van der Waals surface area contributed by atoms with Crippen molar-refractivity contribution in [3.63, 3.8) is 0 Å². The zero-order valence-electron chi connectivity index (χ0n) is 11.1. The summed E-state index contributed by atoms with van der Waals surface area (Å²) in [5.41, 5.74) is 0. The third kappa shape index (κ3) is 2.94. The maximum absolute atomic E-state index is 12.2. The fraction of sp³-hybridized carbons (Fsp3) is 0.615. The van der Waals surface area contributed by atoms with Crippen molar-refractivity contribution in [2.45, 2.75) is 32.7 Å². The molecule has 1 heterocycles. The number of aromatic nitrogens is 2. The van der Waals surface area contributed by atoms with Crippen LogP contribution < -0.4 is 5.32 Å². The lowest BCUT2D eigenvalue weighted by atomic mass is 9.95. The van der Waals surface area contributed by atoms with Gasteiger partial charge in [-0.15, -0.1) is 0 Å². The monoisotopic (exact) mass is 265 g/mol. The van der Waals surface area contributed by atoms with E-state index in [0.29, 0.717) is 18.7 Å². The quantitative estimate of drug-likeness (QED) is 0.765. The van der Waals surface area contributed by atoms with E-state index in [1.165, 1.54) is 0 Å². The molecule has 0 saturated heterocycles. The van der Waals surface area contributed by atoms with Crippen molar-refractivity contribution < 1.29 is 14.7 Å². The number of nitrogens with zero attached hydrogens (tertiary/aromatic N) is 1. The summed E-state index contributed by atoms with van der Waals surface area (Å²) in [7, 11) is 0. The summed E-state index contributed by atoms with van der Waals surface area (Å²) < 4.78 is 0. The number of aliphatic carboxylic acids is 1. The van der Waals surface area contributed by atoms with E-state index in [-0.39, 0.29) is 17.9 Å². The largest absolute Gasteiger partial charge is 0.481 e. The summed E-state index contributed by atoms with van der Waals surface area (Å²) in [4.78, 5) is 30.4. The zero-order valence-corrected chi connectivity index (χ0v) is 11.1. The van der Waals surface area contributed by atoms with Crippen molar-refractivity contribution in [2.75, 3.05) is 0 Å². The van der Waals surface area contributed by atoms with Crippen LogP contribution in [-0.4, -0.2) is 27.0 Å². The lowest BCUT2D eigenvalue weighted by molar-refractivity contribution is -0.146. The summed E-state index contributed by atoms with van der Waals surface area (Å²) >= 11 is 0. The van der Waals surface area contributed by atoms with E-state index in [0.717, 1.165) is 0 Å². The smallest absolute Gasteiger partial charge is 0.307 e. The second-order valence-corrected chi connectivity index (χ2v) is 5.33. The maximum Gasteiger partial charge on any atom is 0.307 e. The molecule has 1 aliphatic rings. The lowest BCUT2D eigenvalue weighted by Gasteiger charge is -2.18. The fourth-order valence-corrected chi connectivity index (χ4v) is 2.76. The van der Waals surface area contributed by atoms with Crippen molar-refractivity contribution in [2.24, 2.45) is 17.8 Å². The highest BCUT2D eigenvalue weighted by molar-refractivity contribution is 5.85. The predicted molar refractivity (Wildman–Crippen MR) is 68.2 cm³/mol. The molecule has 6 nitrogen and oxygen atoms in total. The Kier molecular flexibility index (Phi) is 3.87. The molecule has 0 aromatic carbocycles. The minimum absolute atomic E-state index is 0.194. The maximum atomic E-state index is 12.2. The Labute approximate surface area is 111 Å². The van der Waals surface area contributed by atoms with Crippen molar-refractivity contribution >= 4 is 11.9 Å². The van der Waals surface area contributed by atoms with Gasteiger partial charge in [-0.25, -0.2) is 4.98 Å². The first-order chi connectivity index (χ1) is 8.99. The Morgan fingerprint density at radius 1 is 1.47 bits per heavy atom. The van der Waals surface area contributed by atoms with Gasteiger partial charge in [0.2, 0.25) is 5.91 Å². The van der Waals surface area contributed by atoms with Crippen LogP contribution in [0.4, 0.5) is 0 Å². The molecule has 0 aliphatic heterocycles. The average Bonchev–Trinajstić information content (AvgIpc) is 2.96. The molecule has 6 heteroatoms. The molecular formula is C13H19N3O3. The van der Waals surface area contributed by atoms with Gasteiger partial charge in [-0.05, 0) is 25.7 Å². The van der Waals surface area contributed by atoms with E-state index >= 15 is 0 Å². The van der Waals surface area contributed by atoms with Crippen LogP contribution in [0.3, 0.4) is 0 Å². The number of rotatable bonds is 4. The minimum Gasteiger partial charge on any atom is -0.481 e. The highest BCUT2D eigenvalue weighted by Crippen LogP contribution is 2.36. The second-order valence-electron chi connectivity index (χ2n) is 5.33. The number of carbonyl (C=O) groups excluding carboxylic acids is 1. The number of H-pyrrole nitrogens is 1. The SMILES string of the molecule is CC1C[C@H](C(=O)NC(C)c2ncc[nH]2)[C@H](C(=O)O)C1. The normalized spacial score (nSPS) is 28.0. The molecule has 4 atom stereocenters. The van der Waals surface area contributed by atoms with Gasteiger partial charge in [0.1, 0.15) is 5.82 Å². The molecule has 2 unspecified atom stereocenters. The second kappa shape index (κ2) is 5.42. The molecule has 104 valence electrons. The van der Waals surface area contributed by atoms with Crippen molar-refractivity contribution in [3.05, 3.63) is 18.2 Å². The zero-order chi connectivity index (χ0) is 14.0. The standard InChI is InChI=1S/C13H19N3O3/c1-7-5-9(10(6-7)13(18)19)12(17)16-8(2)11-14-3-4-15-11/h3-4,7-10H,5-6H2,1-2H3,(H,14,15)(H,16,17)(H,18,19)/t7?,8?,9-,10+/m0/s1. The van der Waals surface area contributed by atoms with Crippen LogP contribution in [0.2, 0.25) is 0 Å². The van der Waals surface area contributed by atoms with Crippen LogP contribution >= 0.6 is 0 Å². The van der Waals surface area contributed by atoms with Gasteiger partial charge in [-0.3, -0.25) is 9.59 Å². The Balaban J connectivity index is 2.01.